The van der Waals surface area contributed by atoms with Crippen LogP contribution in [0.1, 0.15) is 16.7 Å². The number of ether oxygens (including phenoxy) is 2. The van der Waals surface area contributed by atoms with E-state index in [1.807, 2.05) is 6.08 Å². The van der Waals surface area contributed by atoms with Crippen LogP contribution in [-0.2, 0) is 9.53 Å². The van der Waals surface area contributed by atoms with Gasteiger partial charge in [-0.15, -0.1) is 0 Å². The maximum absolute atomic E-state index is 12.2. The Hall–Kier alpha value is -3.45. The molecule has 0 aromatic heterocycles. The van der Waals surface area contributed by atoms with Gasteiger partial charge >= 0.3 is 5.97 Å². The quantitative estimate of drug-likeness (QED) is 0.335. The number of aliphatic imine (C=N–C) groups is 1. The van der Waals surface area contributed by atoms with Crippen LogP contribution in [0.5, 0.6) is 5.75 Å². The average Bonchev–Trinajstić information content (AvgIpc) is 3.01. The molecule has 2 aromatic carbocycles. The summed E-state index contributed by atoms with van der Waals surface area (Å²) in [6, 6.07) is 9.73. The van der Waals surface area contributed by atoms with Crippen molar-refractivity contribution in [3.63, 3.8) is 0 Å². The maximum atomic E-state index is 12.2. The molecule has 2 aliphatic rings. The van der Waals surface area contributed by atoms with E-state index < -0.39 is 10.9 Å². The number of rotatable bonds is 3. The minimum Gasteiger partial charge on any atom is -0.488 e. The van der Waals surface area contributed by atoms with Crippen molar-refractivity contribution in [2.75, 3.05) is 6.61 Å². The van der Waals surface area contributed by atoms with E-state index in [-0.39, 0.29) is 23.9 Å². The van der Waals surface area contributed by atoms with Gasteiger partial charge in [0.2, 0.25) is 5.90 Å². The fraction of sp³-hybridized carbons (Fsp3) is 0.100. The van der Waals surface area contributed by atoms with Crippen LogP contribution < -0.4 is 4.74 Å². The predicted octanol–water partition coefficient (Wildman–Crippen LogP) is 4.22. The van der Waals surface area contributed by atoms with Crippen LogP contribution in [0.25, 0.3) is 6.08 Å². The summed E-state index contributed by atoms with van der Waals surface area (Å²) in [6.45, 7) is 1.90. The van der Waals surface area contributed by atoms with Crippen molar-refractivity contribution in [3.05, 3.63) is 85.6 Å². The van der Waals surface area contributed by atoms with Gasteiger partial charge in [-0.05, 0) is 55.0 Å². The lowest BCUT2D eigenvalue weighted by molar-refractivity contribution is -0.385. The number of nitro benzene ring substituents is 1. The van der Waals surface area contributed by atoms with Gasteiger partial charge in [0, 0.05) is 27.8 Å². The molecule has 0 amide bonds. The molecule has 2 aromatic rings. The fourth-order valence-electron chi connectivity index (χ4n) is 2.95. The number of carbonyl (C=O) groups excluding carboxylic acids is 1. The van der Waals surface area contributed by atoms with Gasteiger partial charge in [0.15, 0.2) is 5.70 Å². The Morgan fingerprint density at radius 2 is 2.07 bits per heavy atom. The molecule has 0 bridgehead atoms. The zero-order valence-electron chi connectivity index (χ0n) is 14.6. The van der Waals surface area contributed by atoms with Crippen molar-refractivity contribution in [1.82, 2.24) is 0 Å². The van der Waals surface area contributed by atoms with E-state index in [9.17, 15) is 14.9 Å². The van der Waals surface area contributed by atoms with Crippen LogP contribution in [0.15, 0.2) is 58.7 Å². The van der Waals surface area contributed by atoms with Gasteiger partial charge in [-0.25, -0.2) is 9.79 Å². The molecule has 140 valence electrons. The van der Waals surface area contributed by atoms with Crippen LogP contribution in [0.4, 0.5) is 5.69 Å². The summed E-state index contributed by atoms with van der Waals surface area (Å²) in [4.78, 5) is 26.9. The highest BCUT2D eigenvalue weighted by molar-refractivity contribution is 6.30. The summed E-state index contributed by atoms with van der Waals surface area (Å²) in [5.41, 5.74) is 2.62. The maximum Gasteiger partial charge on any atom is 0.363 e. The second kappa shape index (κ2) is 6.94. The molecular formula is C20H13ClN2O5. The van der Waals surface area contributed by atoms with E-state index in [4.69, 9.17) is 21.1 Å². The summed E-state index contributed by atoms with van der Waals surface area (Å²) in [7, 11) is 0. The Labute approximate surface area is 164 Å². The monoisotopic (exact) mass is 396 g/mol. The van der Waals surface area contributed by atoms with Gasteiger partial charge in [0.05, 0.1) is 4.92 Å². The Balaban J connectivity index is 1.64. The van der Waals surface area contributed by atoms with Crippen LogP contribution in [-0.4, -0.2) is 23.4 Å². The molecule has 0 fully saturated rings. The highest BCUT2D eigenvalue weighted by Crippen LogP contribution is 2.30. The largest absolute Gasteiger partial charge is 0.488 e. The molecule has 28 heavy (non-hydrogen) atoms. The number of hydrogen-bond acceptors (Lipinski definition) is 6. The van der Waals surface area contributed by atoms with Gasteiger partial charge in [-0.1, -0.05) is 11.6 Å². The lowest BCUT2D eigenvalue weighted by atomic mass is 10.1. The number of nitro groups is 1. The standard InChI is InChI=1S/C20H13ClN2O5/c1-11-6-13(2-4-17(11)23(25)26)19-22-16(20(24)28-19)8-12-7-14-9-15(21)3-5-18(14)27-10-12/h2-9H,10H2,1H3/b16-8-. The molecule has 8 heteroatoms. The summed E-state index contributed by atoms with van der Waals surface area (Å²) in [5.74, 6) is 0.227. The number of hydrogen-bond donors (Lipinski definition) is 0. The van der Waals surface area contributed by atoms with E-state index in [0.29, 0.717) is 21.9 Å². The Morgan fingerprint density at radius 1 is 1.25 bits per heavy atom. The summed E-state index contributed by atoms with van der Waals surface area (Å²) < 4.78 is 10.9. The van der Waals surface area contributed by atoms with Crippen LogP contribution >= 0.6 is 11.6 Å². The van der Waals surface area contributed by atoms with Crippen molar-refractivity contribution in [3.8, 4) is 5.75 Å². The minimum absolute atomic E-state index is 0.00808. The third-order valence-electron chi connectivity index (χ3n) is 4.29. The third kappa shape index (κ3) is 3.39. The highest BCUT2D eigenvalue weighted by atomic mass is 35.5. The number of esters is 1. The average molecular weight is 397 g/mol. The number of halogens is 1. The van der Waals surface area contributed by atoms with Gasteiger partial charge < -0.3 is 9.47 Å². The lowest BCUT2D eigenvalue weighted by Crippen LogP contribution is -2.08. The van der Waals surface area contributed by atoms with E-state index >= 15 is 0 Å². The first-order chi connectivity index (χ1) is 13.4. The second-order valence-corrected chi connectivity index (χ2v) is 6.72. The molecule has 0 radical (unpaired) electrons. The lowest BCUT2D eigenvalue weighted by Gasteiger charge is -2.16. The first-order valence-corrected chi connectivity index (χ1v) is 8.69. The molecule has 7 nitrogen and oxygen atoms in total. The van der Waals surface area contributed by atoms with Gasteiger partial charge in [0.1, 0.15) is 12.4 Å². The Bertz CT molecular complexity index is 1120. The summed E-state index contributed by atoms with van der Waals surface area (Å²) in [6.07, 6.45) is 3.46. The summed E-state index contributed by atoms with van der Waals surface area (Å²) in [5, 5.41) is 11.5. The minimum atomic E-state index is -0.594. The molecule has 0 saturated carbocycles. The molecular weight excluding hydrogens is 384 g/mol. The second-order valence-electron chi connectivity index (χ2n) is 6.28. The van der Waals surface area contributed by atoms with Crippen molar-refractivity contribution < 1.29 is 19.2 Å². The number of carbonyl (C=O) groups is 1. The van der Waals surface area contributed by atoms with Crippen LogP contribution in [0.3, 0.4) is 0 Å². The SMILES string of the molecule is Cc1cc(C2=N/C(=C\C3=Cc4cc(Cl)ccc4OC3)C(=O)O2)ccc1[N+](=O)[O-]. The number of benzene rings is 2. The molecule has 0 aliphatic carbocycles. The molecule has 0 spiro atoms. The van der Waals surface area contributed by atoms with E-state index in [2.05, 4.69) is 4.99 Å². The van der Waals surface area contributed by atoms with Gasteiger partial charge in [0.25, 0.3) is 5.69 Å². The van der Waals surface area contributed by atoms with Gasteiger partial charge in [-0.2, -0.15) is 0 Å². The normalized spacial score (nSPS) is 16.8. The zero-order chi connectivity index (χ0) is 19.8. The van der Waals surface area contributed by atoms with Gasteiger partial charge in [-0.3, -0.25) is 10.1 Å². The highest BCUT2D eigenvalue weighted by Gasteiger charge is 2.26. The Morgan fingerprint density at radius 3 is 2.82 bits per heavy atom. The molecule has 4 rings (SSSR count). The predicted molar refractivity (Wildman–Crippen MR) is 103 cm³/mol. The number of nitrogens with zero attached hydrogens (tertiary/aromatic N) is 2. The number of cyclic esters (lactones) is 1. The molecule has 2 heterocycles. The number of fused-ring (bicyclic) bond motifs is 1. The number of aryl methyl sites for hydroxylation is 1. The van der Waals surface area contributed by atoms with E-state index in [1.165, 1.54) is 12.1 Å². The van der Waals surface area contributed by atoms with Crippen LogP contribution in [0, 0.1) is 17.0 Å². The first-order valence-electron chi connectivity index (χ1n) is 8.31. The molecule has 0 unspecified atom stereocenters. The topological polar surface area (TPSA) is 91.0 Å². The van der Waals surface area contributed by atoms with Crippen molar-refractivity contribution in [2.45, 2.75) is 6.92 Å². The van der Waals surface area contributed by atoms with E-state index in [0.717, 1.165) is 11.1 Å². The smallest absolute Gasteiger partial charge is 0.363 e. The molecule has 0 saturated heterocycles. The molecule has 0 atom stereocenters. The third-order valence-corrected chi connectivity index (χ3v) is 4.53. The fourth-order valence-corrected chi connectivity index (χ4v) is 3.13. The molecule has 2 aliphatic heterocycles. The van der Waals surface area contributed by atoms with Crippen LogP contribution in [0.2, 0.25) is 5.02 Å². The Kier molecular flexibility index (Phi) is 4.44. The summed E-state index contributed by atoms with van der Waals surface area (Å²) >= 11 is 6.01. The first kappa shape index (κ1) is 17.9. The van der Waals surface area contributed by atoms with E-state index in [1.54, 1.807) is 37.3 Å². The van der Waals surface area contributed by atoms with Crippen molar-refractivity contribution in [2.24, 2.45) is 4.99 Å². The van der Waals surface area contributed by atoms with Crippen molar-refractivity contribution in [1.29, 1.82) is 0 Å². The van der Waals surface area contributed by atoms with Crippen molar-refractivity contribution >= 4 is 35.2 Å². The molecule has 0 N–H and O–H groups in total. The zero-order valence-corrected chi connectivity index (χ0v) is 15.4.